The molecule has 35 heavy (non-hydrogen) atoms. The lowest BCUT2D eigenvalue weighted by Crippen LogP contribution is -3.00. The predicted molar refractivity (Wildman–Crippen MR) is 136 cm³/mol. The maximum Gasteiger partial charge on any atom is 0.225 e. The number of aryl methyl sites for hydroxylation is 1. The molecule has 1 heterocycles. The number of aromatic nitrogens is 1. The second-order valence-electron chi connectivity index (χ2n) is 8.30. The number of unbranched alkanes of at least 4 members (excludes halogenated alkanes) is 2. The largest absolute Gasteiger partial charge is 1.00 e. The highest BCUT2D eigenvalue weighted by Gasteiger charge is 2.19. The van der Waals surface area contributed by atoms with Crippen LogP contribution >= 0.6 is 11.3 Å². The van der Waals surface area contributed by atoms with E-state index < -0.39 is 0 Å². The molecule has 0 saturated carbocycles. The summed E-state index contributed by atoms with van der Waals surface area (Å²) in [6, 6.07) is 11.9. The zero-order chi connectivity index (χ0) is 24.5. The van der Waals surface area contributed by atoms with E-state index in [9.17, 15) is 4.79 Å². The van der Waals surface area contributed by atoms with Crippen molar-refractivity contribution in [2.45, 2.75) is 53.1 Å². The molecule has 8 heteroatoms. The summed E-state index contributed by atoms with van der Waals surface area (Å²) in [6.45, 7) is 7.60. The average molecular weight is 564 g/mol. The van der Waals surface area contributed by atoms with Crippen LogP contribution in [0, 0.1) is 6.92 Å². The van der Waals surface area contributed by atoms with Gasteiger partial charge in [0.2, 0.25) is 17.2 Å². The lowest BCUT2D eigenvalue weighted by atomic mass is 10.1. The Bertz CT molecular complexity index is 1080. The molecular formula is C27H35BrN2O4S. The van der Waals surface area contributed by atoms with Gasteiger partial charge in [0.05, 0.1) is 32.2 Å². The van der Waals surface area contributed by atoms with E-state index in [0.717, 1.165) is 42.6 Å². The van der Waals surface area contributed by atoms with E-state index in [1.807, 2.05) is 24.3 Å². The summed E-state index contributed by atoms with van der Waals surface area (Å²) in [5, 5.41) is 0. The van der Waals surface area contributed by atoms with E-state index in [1.54, 1.807) is 37.4 Å². The van der Waals surface area contributed by atoms with Crippen molar-refractivity contribution in [1.29, 1.82) is 0 Å². The van der Waals surface area contributed by atoms with E-state index in [4.69, 9.17) is 14.2 Å². The fourth-order valence-corrected chi connectivity index (χ4v) is 4.46. The minimum atomic E-state index is -0.0333. The van der Waals surface area contributed by atoms with Gasteiger partial charge in [0.1, 0.15) is 0 Å². The summed E-state index contributed by atoms with van der Waals surface area (Å²) >= 11 is 1.72. The lowest BCUT2D eigenvalue weighted by molar-refractivity contribution is -0.683. The summed E-state index contributed by atoms with van der Waals surface area (Å²) in [5.41, 5.74) is 5.00. The highest BCUT2D eigenvalue weighted by Crippen LogP contribution is 2.39. The number of hydrogen-bond acceptors (Lipinski definition) is 5. The quantitative estimate of drug-likeness (QED) is 0.251. The third-order valence-corrected chi connectivity index (χ3v) is 6.40. The van der Waals surface area contributed by atoms with Crippen LogP contribution < -0.4 is 40.7 Å². The van der Waals surface area contributed by atoms with Gasteiger partial charge in [-0.15, -0.1) is 0 Å². The highest BCUT2D eigenvalue weighted by atomic mass is 79.9. The first-order valence-electron chi connectivity index (χ1n) is 11.6. The normalized spacial score (nSPS) is 10.4. The van der Waals surface area contributed by atoms with Gasteiger partial charge in [-0.3, -0.25) is 4.79 Å². The number of halogens is 1. The topological polar surface area (TPSA) is 51.9 Å². The SMILES string of the molecule is CCCCCOc1c(OC)cc(CN(C(C)=O)c2cccc(C[n+]3csc(C)c3)c2)cc1OC.[Br-]. The molecule has 0 N–H and O–H groups in total. The molecule has 3 aromatic rings. The number of carbonyl (C=O) groups is 1. The van der Waals surface area contributed by atoms with Crippen LogP contribution in [-0.2, 0) is 17.9 Å². The minimum Gasteiger partial charge on any atom is -1.00 e. The number of rotatable bonds is 12. The standard InChI is InChI=1S/C27H35N2O4S.BrH/c1-6-7-8-12-33-27-25(31-4)14-23(15-26(27)32-5)18-29(21(3)30)24-11-9-10-22(13-24)17-28-16-20(2)34-19-28;/h9-11,13-16,19H,6-8,12,17-18H2,1-5H3;1H/q+1;/p-1. The van der Waals surface area contributed by atoms with Crippen molar-refractivity contribution in [2.24, 2.45) is 0 Å². The summed E-state index contributed by atoms with van der Waals surface area (Å²) in [7, 11) is 3.24. The van der Waals surface area contributed by atoms with Gasteiger partial charge in [-0.25, -0.2) is 0 Å². The van der Waals surface area contributed by atoms with Crippen LogP contribution in [0.2, 0.25) is 0 Å². The van der Waals surface area contributed by atoms with Gasteiger partial charge in [0, 0.05) is 18.2 Å². The Morgan fingerprint density at radius 3 is 2.34 bits per heavy atom. The zero-order valence-corrected chi connectivity index (χ0v) is 23.6. The number of hydrogen-bond donors (Lipinski definition) is 0. The maximum absolute atomic E-state index is 12.6. The number of carbonyl (C=O) groups excluding carboxylic acids is 1. The van der Waals surface area contributed by atoms with E-state index in [0.29, 0.717) is 30.4 Å². The molecule has 0 atom stereocenters. The summed E-state index contributed by atoms with van der Waals surface area (Å²) in [6.07, 6.45) is 5.34. The van der Waals surface area contributed by atoms with Gasteiger partial charge in [0.25, 0.3) is 0 Å². The van der Waals surface area contributed by atoms with Crippen molar-refractivity contribution in [3.63, 3.8) is 0 Å². The predicted octanol–water partition coefficient (Wildman–Crippen LogP) is 2.54. The van der Waals surface area contributed by atoms with Gasteiger partial charge in [0.15, 0.2) is 24.2 Å². The first-order chi connectivity index (χ1) is 16.4. The fourth-order valence-electron chi connectivity index (χ4n) is 3.82. The second-order valence-corrected chi connectivity index (χ2v) is 9.39. The lowest BCUT2D eigenvalue weighted by Gasteiger charge is -2.23. The summed E-state index contributed by atoms with van der Waals surface area (Å²) < 4.78 is 19.4. The van der Waals surface area contributed by atoms with Gasteiger partial charge in [-0.2, -0.15) is 4.57 Å². The molecule has 1 aromatic heterocycles. The molecule has 0 saturated heterocycles. The number of methoxy groups -OCH3 is 2. The molecule has 1 amide bonds. The molecule has 3 rings (SSSR count). The van der Waals surface area contributed by atoms with Gasteiger partial charge in [-0.05, 0) is 43.2 Å². The molecular weight excluding hydrogens is 528 g/mol. The average Bonchev–Trinajstić information content (AvgIpc) is 3.24. The first kappa shape index (κ1) is 28.7. The molecule has 0 radical (unpaired) electrons. The Morgan fingerprint density at radius 2 is 1.77 bits per heavy atom. The van der Waals surface area contributed by atoms with Crippen molar-refractivity contribution >= 4 is 22.9 Å². The van der Waals surface area contributed by atoms with Gasteiger partial charge in [-0.1, -0.05) is 43.2 Å². The Labute approximate surface area is 223 Å². The molecule has 0 aliphatic rings. The van der Waals surface area contributed by atoms with E-state index in [2.05, 4.69) is 42.3 Å². The van der Waals surface area contributed by atoms with Crippen LogP contribution in [0.3, 0.4) is 0 Å². The molecule has 0 spiro atoms. The van der Waals surface area contributed by atoms with Crippen LogP contribution in [0.1, 0.15) is 49.1 Å². The Morgan fingerprint density at radius 1 is 1.06 bits per heavy atom. The molecule has 0 aliphatic heterocycles. The third kappa shape index (κ3) is 7.97. The molecule has 6 nitrogen and oxygen atoms in total. The van der Waals surface area contributed by atoms with Crippen molar-refractivity contribution in [2.75, 3.05) is 25.7 Å². The molecule has 0 unspecified atom stereocenters. The van der Waals surface area contributed by atoms with E-state index in [-0.39, 0.29) is 22.9 Å². The summed E-state index contributed by atoms with van der Waals surface area (Å²) in [5.74, 6) is 1.78. The van der Waals surface area contributed by atoms with Crippen LogP contribution in [0.4, 0.5) is 5.69 Å². The van der Waals surface area contributed by atoms with E-state index >= 15 is 0 Å². The number of amides is 1. The molecule has 0 bridgehead atoms. The Kier molecular flexibility index (Phi) is 11.5. The number of thiazole rings is 1. The first-order valence-corrected chi connectivity index (χ1v) is 12.5. The van der Waals surface area contributed by atoms with Crippen molar-refractivity contribution in [3.8, 4) is 17.2 Å². The van der Waals surface area contributed by atoms with Crippen molar-refractivity contribution in [3.05, 3.63) is 64.1 Å². The van der Waals surface area contributed by atoms with Crippen LogP contribution in [0.15, 0.2) is 48.1 Å². The Hall–Kier alpha value is -2.58. The van der Waals surface area contributed by atoms with Gasteiger partial charge < -0.3 is 36.1 Å². The van der Waals surface area contributed by atoms with Gasteiger partial charge >= 0.3 is 0 Å². The number of anilines is 1. The minimum absolute atomic E-state index is 0. The molecule has 0 aliphatic carbocycles. The van der Waals surface area contributed by atoms with Crippen molar-refractivity contribution in [1.82, 2.24) is 0 Å². The van der Waals surface area contributed by atoms with Crippen LogP contribution in [0.5, 0.6) is 17.2 Å². The zero-order valence-electron chi connectivity index (χ0n) is 21.2. The fraction of sp³-hybridized carbons (Fsp3) is 0.407. The maximum atomic E-state index is 12.6. The number of nitrogens with zero attached hydrogens (tertiary/aromatic N) is 2. The van der Waals surface area contributed by atoms with E-state index in [1.165, 1.54) is 4.88 Å². The smallest absolute Gasteiger partial charge is 0.225 e. The van der Waals surface area contributed by atoms with Crippen LogP contribution in [-0.4, -0.2) is 26.7 Å². The highest BCUT2D eigenvalue weighted by molar-refractivity contribution is 7.09. The van der Waals surface area contributed by atoms with Crippen LogP contribution in [0.25, 0.3) is 0 Å². The third-order valence-electron chi connectivity index (χ3n) is 5.54. The number of benzene rings is 2. The second kappa shape index (κ2) is 14.1. The Balaban J connectivity index is 0.00000432. The monoisotopic (exact) mass is 562 g/mol. The molecule has 2 aromatic carbocycles. The van der Waals surface area contributed by atoms with Crippen molar-refractivity contribution < 1.29 is 40.6 Å². The molecule has 0 fully saturated rings. The molecule has 190 valence electrons. The summed E-state index contributed by atoms with van der Waals surface area (Å²) in [4.78, 5) is 15.7. The number of ether oxygens (including phenoxy) is 3.